The molecule has 0 aromatic carbocycles. The van der Waals surface area contributed by atoms with Crippen molar-refractivity contribution in [3.05, 3.63) is 0 Å². The van der Waals surface area contributed by atoms with Crippen molar-refractivity contribution in [1.82, 2.24) is 0 Å². The normalized spacial score (nSPS) is 18.1. The van der Waals surface area contributed by atoms with E-state index in [0.717, 1.165) is 12.8 Å². The van der Waals surface area contributed by atoms with E-state index in [9.17, 15) is 9.59 Å². The first-order valence-electron chi connectivity index (χ1n) is 6.98. The first kappa shape index (κ1) is 15.0. The van der Waals surface area contributed by atoms with Crippen LogP contribution in [0.3, 0.4) is 0 Å². The number of esters is 2. The van der Waals surface area contributed by atoms with Crippen LogP contribution in [0, 0.1) is 5.92 Å². The number of carbonyl (C=O) groups excluding carboxylic acids is 2. The fourth-order valence-electron chi connectivity index (χ4n) is 2.40. The summed E-state index contributed by atoms with van der Waals surface area (Å²) in [7, 11) is 0. The maximum absolute atomic E-state index is 11.6. The fourth-order valence-corrected chi connectivity index (χ4v) is 2.40. The van der Waals surface area contributed by atoms with Crippen molar-refractivity contribution in [2.75, 3.05) is 6.61 Å². The Labute approximate surface area is 109 Å². The van der Waals surface area contributed by atoms with Gasteiger partial charge in [-0.25, -0.2) is 0 Å². The smallest absolute Gasteiger partial charge is 0.306 e. The highest BCUT2D eigenvalue weighted by Crippen LogP contribution is 2.27. The second-order valence-electron chi connectivity index (χ2n) is 4.90. The van der Waals surface area contributed by atoms with Gasteiger partial charge in [0, 0.05) is 0 Å². The highest BCUT2D eigenvalue weighted by molar-refractivity contribution is 5.77. The largest absolute Gasteiger partial charge is 0.466 e. The Morgan fingerprint density at radius 3 is 2.33 bits per heavy atom. The zero-order valence-corrected chi connectivity index (χ0v) is 11.4. The van der Waals surface area contributed by atoms with Gasteiger partial charge in [-0.2, -0.15) is 0 Å². The van der Waals surface area contributed by atoms with Gasteiger partial charge in [0.2, 0.25) is 0 Å². The van der Waals surface area contributed by atoms with Crippen LogP contribution in [-0.4, -0.2) is 24.6 Å². The number of ether oxygens (including phenoxy) is 2. The first-order valence-corrected chi connectivity index (χ1v) is 6.98. The lowest BCUT2D eigenvalue weighted by molar-refractivity contribution is -0.155. The van der Waals surface area contributed by atoms with Crippen molar-refractivity contribution >= 4 is 11.9 Å². The summed E-state index contributed by atoms with van der Waals surface area (Å²) in [6.45, 7) is 4.06. The Morgan fingerprint density at radius 2 is 1.72 bits per heavy atom. The molecule has 0 heterocycles. The molecular weight excluding hydrogens is 232 g/mol. The SMILES string of the molecule is CCOC(=O)CCC(=O)OC(C)C1CCCCC1. The average molecular weight is 256 g/mol. The van der Waals surface area contributed by atoms with E-state index in [0.29, 0.717) is 12.5 Å². The molecule has 1 rings (SSSR count). The molecule has 0 bridgehead atoms. The van der Waals surface area contributed by atoms with E-state index in [2.05, 4.69) is 0 Å². The number of rotatable bonds is 6. The second-order valence-corrected chi connectivity index (χ2v) is 4.90. The molecule has 1 aliphatic carbocycles. The zero-order valence-electron chi connectivity index (χ0n) is 11.4. The van der Waals surface area contributed by atoms with E-state index in [-0.39, 0.29) is 30.9 Å². The van der Waals surface area contributed by atoms with Crippen molar-refractivity contribution < 1.29 is 19.1 Å². The number of carbonyl (C=O) groups is 2. The van der Waals surface area contributed by atoms with Crippen LogP contribution < -0.4 is 0 Å². The lowest BCUT2D eigenvalue weighted by atomic mass is 9.86. The molecule has 1 atom stereocenters. The quantitative estimate of drug-likeness (QED) is 0.686. The van der Waals surface area contributed by atoms with Crippen LogP contribution in [0.15, 0.2) is 0 Å². The molecule has 1 fully saturated rings. The van der Waals surface area contributed by atoms with E-state index in [1.54, 1.807) is 6.92 Å². The Hall–Kier alpha value is -1.06. The molecule has 0 saturated heterocycles. The van der Waals surface area contributed by atoms with Crippen molar-refractivity contribution in [3.63, 3.8) is 0 Å². The van der Waals surface area contributed by atoms with Crippen LogP contribution in [0.25, 0.3) is 0 Å². The van der Waals surface area contributed by atoms with Gasteiger partial charge in [-0.15, -0.1) is 0 Å². The minimum atomic E-state index is -0.334. The van der Waals surface area contributed by atoms with Crippen LogP contribution in [0.2, 0.25) is 0 Å². The summed E-state index contributed by atoms with van der Waals surface area (Å²) in [6.07, 6.45) is 6.25. The van der Waals surface area contributed by atoms with E-state index < -0.39 is 0 Å². The highest BCUT2D eigenvalue weighted by Gasteiger charge is 2.23. The van der Waals surface area contributed by atoms with Gasteiger partial charge in [0.15, 0.2) is 0 Å². The second kappa shape index (κ2) is 8.11. The molecule has 0 aromatic heterocycles. The number of hydrogen-bond acceptors (Lipinski definition) is 4. The highest BCUT2D eigenvalue weighted by atomic mass is 16.5. The van der Waals surface area contributed by atoms with E-state index in [1.165, 1.54) is 19.3 Å². The van der Waals surface area contributed by atoms with Gasteiger partial charge in [0.25, 0.3) is 0 Å². The third-order valence-corrected chi connectivity index (χ3v) is 3.47. The van der Waals surface area contributed by atoms with Gasteiger partial charge >= 0.3 is 11.9 Å². The lowest BCUT2D eigenvalue weighted by Gasteiger charge is -2.27. The molecule has 0 radical (unpaired) electrons. The predicted octanol–water partition coefficient (Wildman–Crippen LogP) is 2.84. The summed E-state index contributed by atoms with van der Waals surface area (Å²) in [6, 6.07) is 0. The molecule has 1 unspecified atom stereocenters. The minimum Gasteiger partial charge on any atom is -0.466 e. The summed E-state index contributed by atoms with van der Waals surface area (Å²) in [5.74, 6) is -0.133. The van der Waals surface area contributed by atoms with E-state index in [1.807, 2.05) is 6.92 Å². The first-order chi connectivity index (χ1) is 8.63. The summed E-state index contributed by atoms with van der Waals surface area (Å²) < 4.78 is 10.1. The molecule has 18 heavy (non-hydrogen) atoms. The standard InChI is InChI=1S/C14H24O4/c1-3-17-13(15)9-10-14(16)18-11(2)12-7-5-4-6-8-12/h11-12H,3-10H2,1-2H3. The molecule has 1 saturated carbocycles. The summed E-state index contributed by atoms with van der Waals surface area (Å²) in [4.78, 5) is 22.7. The van der Waals surface area contributed by atoms with Gasteiger partial charge in [-0.05, 0) is 32.6 Å². The van der Waals surface area contributed by atoms with Crippen LogP contribution in [0.4, 0.5) is 0 Å². The molecule has 104 valence electrons. The van der Waals surface area contributed by atoms with E-state index >= 15 is 0 Å². The molecule has 4 heteroatoms. The Kier molecular flexibility index (Phi) is 6.76. The van der Waals surface area contributed by atoms with Crippen molar-refractivity contribution in [3.8, 4) is 0 Å². The Bertz CT molecular complexity index is 269. The molecule has 4 nitrogen and oxygen atoms in total. The molecule has 1 aliphatic rings. The maximum atomic E-state index is 11.6. The third-order valence-electron chi connectivity index (χ3n) is 3.47. The molecular formula is C14H24O4. The van der Waals surface area contributed by atoms with Crippen LogP contribution in [-0.2, 0) is 19.1 Å². The number of hydrogen-bond donors (Lipinski definition) is 0. The molecule has 0 spiro atoms. The van der Waals surface area contributed by atoms with Crippen molar-refractivity contribution in [2.24, 2.45) is 5.92 Å². The van der Waals surface area contributed by atoms with Crippen molar-refractivity contribution in [2.45, 2.75) is 64.9 Å². The summed E-state index contributed by atoms with van der Waals surface area (Å²) >= 11 is 0. The predicted molar refractivity (Wildman–Crippen MR) is 68.0 cm³/mol. The van der Waals surface area contributed by atoms with Crippen LogP contribution in [0.5, 0.6) is 0 Å². The molecule has 0 N–H and O–H groups in total. The van der Waals surface area contributed by atoms with Crippen LogP contribution in [0.1, 0.15) is 58.8 Å². The Balaban J connectivity index is 2.20. The minimum absolute atomic E-state index is 0.0278. The molecule has 0 aliphatic heterocycles. The average Bonchev–Trinajstić information content (AvgIpc) is 2.38. The monoisotopic (exact) mass is 256 g/mol. The molecule has 0 amide bonds. The van der Waals surface area contributed by atoms with Gasteiger partial charge < -0.3 is 9.47 Å². The zero-order chi connectivity index (χ0) is 13.4. The van der Waals surface area contributed by atoms with Crippen molar-refractivity contribution in [1.29, 1.82) is 0 Å². The fraction of sp³-hybridized carbons (Fsp3) is 0.857. The van der Waals surface area contributed by atoms with E-state index in [4.69, 9.17) is 9.47 Å². The van der Waals surface area contributed by atoms with Gasteiger partial charge in [0.05, 0.1) is 19.4 Å². The maximum Gasteiger partial charge on any atom is 0.306 e. The van der Waals surface area contributed by atoms with Gasteiger partial charge in [-0.1, -0.05) is 19.3 Å². The summed E-state index contributed by atoms with van der Waals surface area (Å²) in [5.41, 5.74) is 0. The third kappa shape index (κ3) is 5.52. The molecule has 0 aromatic rings. The lowest BCUT2D eigenvalue weighted by Crippen LogP contribution is -2.26. The summed E-state index contributed by atoms with van der Waals surface area (Å²) in [5, 5.41) is 0. The van der Waals surface area contributed by atoms with Crippen LogP contribution >= 0.6 is 0 Å². The topological polar surface area (TPSA) is 52.6 Å². The van der Waals surface area contributed by atoms with Gasteiger partial charge in [0.1, 0.15) is 6.10 Å². The Morgan fingerprint density at radius 1 is 1.11 bits per heavy atom. The van der Waals surface area contributed by atoms with Gasteiger partial charge in [-0.3, -0.25) is 9.59 Å².